The first-order valence-electron chi connectivity index (χ1n) is 9.20. The van der Waals surface area contributed by atoms with Gasteiger partial charge >= 0.3 is 12.1 Å². The number of nitrogens with zero attached hydrogens (tertiary/aromatic N) is 1. The third-order valence-electron chi connectivity index (χ3n) is 4.61. The van der Waals surface area contributed by atoms with Crippen LogP contribution in [0.15, 0.2) is 54.9 Å². The maximum absolute atomic E-state index is 13.9. The zero-order chi connectivity index (χ0) is 22.8. The number of amides is 1. The van der Waals surface area contributed by atoms with E-state index in [1.165, 1.54) is 38.1 Å². The molecule has 1 aromatic heterocycles. The van der Waals surface area contributed by atoms with Gasteiger partial charge in [-0.1, -0.05) is 18.2 Å². The molecule has 2 aromatic carbocycles. The lowest BCUT2D eigenvalue weighted by molar-refractivity contribution is -0.143. The van der Waals surface area contributed by atoms with Gasteiger partial charge in [-0.15, -0.1) is 0 Å². The summed E-state index contributed by atoms with van der Waals surface area (Å²) in [6.45, 7) is 2.57. The van der Waals surface area contributed by atoms with Gasteiger partial charge in [0.25, 0.3) is 5.91 Å². The minimum absolute atomic E-state index is 0.191. The summed E-state index contributed by atoms with van der Waals surface area (Å²) < 4.78 is 47.2. The minimum Gasteiger partial charge on any atom is -0.489 e. The molecule has 1 amide bonds. The van der Waals surface area contributed by atoms with Crippen LogP contribution in [0.25, 0.3) is 10.8 Å². The zero-order valence-corrected chi connectivity index (χ0v) is 16.7. The molecule has 162 valence electrons. The van der Waals surface area contributed by atoms with Gasteiger partial charge in [0.2, 0.25) is 0 Å². The van der Waals surface area contributed by atoms with Crippen molar-refractivity contribution in [2.75, 3.05) is 0 Å². The molecule has 2 N–H and O–H groups in total. The van der Waals surface area contributed by atoms with E-state index in [0.717, 1.165) is 11.6 Å². The van der Waals surface area contributed by atoms with Crippen molar-refractivity contribution in [1.29, 1.82) is 0 Å². The molecule has 1 heterocycles. The quantitative estimate of drug-likeness (QED) is 0.602. The second-order valence-electron chi connectivity index (χ2n) is 7.40. The number of benzene rings is 2. The third kappa shape index (κ3) is 4.93. The van der Waals surface area contributed by atoms with Crippen LogP contribution in [0.1, 0.15) is 35.3 Å². The number of aromatic nitrogens is 1. The van der Waals surface area contributed by atoms with Crippen molar-refractivity contribution < 1.29 is 32.6 Å². The first kappa shape index (κ1) is 22.1. The highest BCUT2D eigenvalue weighted by molar-refractivity contribution is 6.03. The van der Waals surface area contributed by atoms with E-state index in [1.807, 2.05) is 0 Å². The van der Waals surface area contributed by atoms with Crippen LogP contribution in [0.5, 0.6) is 5.75 Å². The maximum atomic E-state index is 13.9. The number of hydrogen-bond acceptors (Lipinski definition) is 4. The molecule has 0 bridgehead atoms. The highest BCUT2D eigenvalue weighted by Gasteiger charge is 2.39. The van der Waals surface area contributed by atoms with Crippen LogP contribution in [-0.4, -0.2) is 27.5 Å². The van der Waals surface area contributed by atoms with Gasteiger partial charge in [0, 0.05) is 18.0 Å². The molecule has 3 aromatic rings. The number of alkyl halides is 3. The summed E-state index contributed by atoms with van der Waals surface area (Å²) in [6.07, 6.45) is -1.60. The van der Waals surface area contributed by atoms with E-state index in [0.29, 0.717) is 5.75 Å². The van der Waals surface area contributed by atoms with Gasteiger partial charge in [-0.3, -0.25) is 9.78 Å². The number of fused-ring (bicyclic) bond motifs is 1. The molecule has 0 spiro atoms. The summed E-state index contributed by atoms with van der Waals surface area (Å²) in [6, 6.07) is 10.0. The number of rotatable bonds is 6. The molecule has 9 heteroatoms. The van der Waals surface area contributed by atoms with Crippen LogP contribution in [0.4, 0.5) is 13.2 Å². The van der Waals surface area contributed by atoms with Gasteiger partial charge in [-0.2, -0.15) is 13.2 Å². The molecular weight excluding hydrogens is 413 g/mol. The van der Waals surface area contributed by atoms with Crippen LogP contribution >= 0.6 is 0 Å². The lowest BCUT2D eigenvalue weighted by Gasteiger charge is -2.23. The largest absolute Gasteiger partial charge is 0.489 e. The fraction of sp³-hybridized carbons (Fsp3) is 0.227. The Balaban J connectivity index is 1.98. The average Bonchev–Trinajstić information content (AvgIpc) is 2.70. The van der Waals surface area contributed by atoms with Gasteiger partial charge in [0.05, 0.1) is 11.1 Å². The Bertz CT molecular complexity index is 1130. The fourth-order valence-electron chi connectivity index (χ4n) is 2.95. The fourth-order valence-corrected chi connectivity index (χ4v) is 2.95. The highest BCUT2D eigenvalue weighted by atomic mass is 19.4. The second kappa shape index (κ2) is 8.25. The summed E-state index contributed by atoms with van der Waals surface area (Å²) in [5.41, 5.74) is -2.73. The van der Waals surface area contributed by atoms with Crippen LogP contribution in [0, 0.1) is 0 Å². The van der Waals surface area contributed by atoms with Crippen LogP contribution in [0.2, 0.25) is 0 Å². The summed E-state index contributed by atoms with van der Waals surface area (Å²) in [5, 5.41) is 11.3. The van der Waals surface area contributed by atoms with Crippen molar-refractivity contribution >= 4 is 22.6 Å². The molecule has 0 aliphatic rings. The number of aliphatic carboxylic acids is 1. The Morgan fingerprint density at radius 2 is 1.87 bits per heavy atom. The van der Waals surface area contributed by atoms with E-state index in [2.05, 4.69) is 10.3 Å². The molecular formula is C22H19F3N2O4. The molecule has 0 radical (unpaired) electrons. The van der Waals surface area contributed by atoms with E-state index >= 15 is 0 Å². The van der Waals surface area contributed by atoms with Gasteiger partial charge in [-0.05, 0) is 48.9 Å². The smallest absolute Gasteiger partial charge is 0.417 e. The summed E-state index contributed by atoms with van der Waals surface area (Å²) in [5.74, 6) is -2.14. The number of carbonyl (C=O) groups excluding carboxylic acids is 1. The van der Waals surface area contributed by atoms with Crippen LogP contribution < -0.4 is 10.1 Å². The number of halogens is 3. The molecule has 0 atom stereocenters. The van der Waals surface area contributed by atoms with Crippen molar-refractivity contribution in [3.05, 3.63) is 71.5 Å². The van der Waals surface area contributed by atoms with E-state index in [1.54, 1.807) is 24.5 Å². The highest BCUT2D eigenvalue weighted by Crippen LogP contribution is 2.38. The molecule has 0 fully saturated rings. The molecule has 31 heavy (non-hydrogen) atoms. The predicted octanol–water partition coefficient (Wildman–Crippen LogP) is 4.43. The van der Waals surface area contributed by atoms with Crippen molar-refractivity contribution in [3.63, 3.8) is 0 Å². The van der Waals surface area contributed by atoms with Crippen molar-refractivity contribution in [1.82, 2.24) is 10.3 Å². The number of carboxylic acid groups (broad SMARTS) is 1. The van der Waals surface area contributed by atoms with Gasteiger partial charge in [0.15, 0.2) is 0 Å². The number of carboxylic acids is 1. The SMILES string of the molecule is CC(C)(NC(=O)c1ccc2cc(OCc3cccnc3)ccc2c1C(F)(F)F)C(=O)O. The second-order valence-corrected chi connectivity index (χ2v) is 7.40. The molecule has 0 unspecified atom stereocenters. The van der Waals surface area contributed by atoms with Crippen LogP contribution in [-0.2, 0) is 17.6 Å². The molecule has 0 saturated heterocycles. The third-order valence-corrected chi connectivity index (χ3v) is 4.61. The molecule has 0 aliphatic carbocycles. The number of hydrogen-bond donors (Lipinski definition) is 2. The topological polar surface area (TPSA) is 88.5 Å². The first-order chi connectivity index (χ1) is 14.5. The lowest BCUT2D eigenvalue weighted by Crippen LogP contribution is -2.50. The number of pyridine rings is 1. The molecule has 6 nitrogen and oxygen atoms in total. The van der Waals surface area contributed by atoms with E-state index in [9.17, 15) is 22.8 Å². The molecule has 0 saturated carbocycles. The van der Waals surface area contributed by atoms with Crippen LogP contribution in [0.3, 0.4) is 0 Å². The van der Waals surface area contributed by atoms with Gasteiger partial charge in [0.1, 0.15) is 17.9 Å². The minimum atomic E-state index is -4.84. The average molecular weight is 432 g/mol. The van der Waals surface area contributed by atoms with Crippen molar-refractivity contribution in [2.45, 2.75) is 32.2 Å². The summed E-state index contributed by atoms with van der Waals surface area (Å²) >= 11 is 0. The normalized spacial score (nSPS) is 11.9. The van der Waals surface area contributed by atoms with E-state index in [-0.39, 0.29) is 17.4 Å². The molecule has 3 rings (SSSR count). The van der Waals surface area contributed by atoms with E-state index < -0.39 is 34.7 Å². The Labute approximate surface area is 175 Å². The lowest BCUT2D eigenvalue weighted by atomic mass is 9.96. The number of nitrogens with one attached hydrogen (secondary N) is 1. The Kier molecular flexibility index (Phi) is 5.88. The maximum Gasteiger partial charge on any atom is 0.417 e. The Hall–Kier alpha value is -3.62. The monoisotopic (exact) mass is 432 g/mol. The number of carbonyl (C=O) groups is 2. The van der Waals surface area contributed by atoms with Gasteiger partial charge < -0.3 is 15.2 Å². The zero-order valence-electron chi connectivity index (χ0n) is 16.7. The predicted molar refractivity (Wildman–Crippen MR) is 107 cm³/mol. The standard InChI is InChI=1S/C22H19F3N2O4/c1-21(2,20(29)30)27-19(28)17-7-5-14-10-15(31-12-13-4-3-9-26-11-13)6-8-16(14)18(17)22(23,24)25/h3-11H,12H2,1-2H3,(H,27,28)(H,29,30). The van der Waals surface area contributed by atoms with E-state index in [4.69, 9.17) is 9.84 Å². The van der Waals surface area contributed by atoms with Crippen molar-refractivity contribution in [2.24, 2.45) is 0 Å². The summed E-state index contributed by atoms with van der Waals surface area (Å²) in [7, 11) is 0. The Morgan fingerprint density at radius 1 is 1.13 bits per heavy atom. The Morgan fingerprint density at radius 3 is 2.48 bits per heavy atom. The van der Waals surface area contributed by atoms with Crippen molar-refractivity contribution in [3.8, 4) is 5.75 Å². The number of ether oxygens (including phenoxy) is 1. The summed E-state index contributed by atoms with van der Waals surface area (Å²) in [4.78, 5) is 27.7. The molecule has 0 aliphatic heterocycles. The first-order valence-corrected chi connectivity index (χ1v) is 9.20. The van der Waals surface area contributed by atoms with Gasteiger partial charge in [-0.25, -0.2) is 4.79 Å².